The highest BCUT2D eigenvalue weighted by Crippen LogP contribution is 2.52. The third-order valence-electron chi connectivity index (χ3n) is 2.91. The molecule has 0 aliphatic heterocycles. The minimum absolute atomic E-state index is 0.182. The molecule has 0 saturated carbocycles. The van der Waals surface area contributed by atoms with Gasteiger partial charge in [0.1, 0.15) is 0 Å². The fraction of sp³-hybridized carbons (Fsp3) is 1.00. The van der Waals surface area contributed by atoms with Crippen LogP contribution in [-0.2, 0) is 0 Å². The van der Waals surface area contributed by atoms with Gasteiger partial charge in [0.05, 0.1) is 0 Å². The van der Waals surface area contributed by atoms with Crippen LogP contribution in [0.15, 0.2) is 0 Å². The molecule has 0 amide bonds. The molecule has 13 heteroatoms. The smallest absolute Gasteiger partial charge is 0.234 e. The van der Waals surface area contributed by atoms with Gasteiger partial charge < -0.3 is 0 Å². The van der Waals surface area contributed by atoms with Crippen molar-refractivity contribution in [1.29, 1.82) is 0 Å². The van der Waals surface area contributed by atoms with Crippen LogP contribution in [0.2, 0.25) is 0 Å². The van der Waals surface area contributed by atoms with Crippen LogP contribution in [0.1, 0.15) is 19.8 Å². The highest BCUT2D eigenvalue weighted by atomic mass is 127. The molecule has 140 valence electrons. The van der Waals surface area contributed by atoms with E-state index >= 15 is 0 Å². The van der Waals surface area contributed by atoms with Crippen molar-refractivity contribution in [3.05, 3.63) is 0 Å². The second kappa shape index (κ2) is 6.65. The molecule has 23 heavy (non-hydrogen) atoms. The Bertz CT molecular complexity index is 371. The summed E-state index contributed by atoms with van der Waals surface area (Å²) in [5.41, 5.74) is -4.49. The van der Waals surface area contributed by atoms with Gasteiger partial charge in [-0.25, -0.2) is 4.39 Å². The molecule has 0 fully saturated rings. The van der Waals surface area contributed by atoms with Crippen LogP contribution < -0.4 is 0 Å². The Kier molecular flexibility index (Phi) is 6.62. The van der Waals surface area contributed by atoms with E-state index in [1.807, 2.05) is 0 Å². The SMILES string of the molecule is CC(F)(CC(CC(F)(F)I)C(C(F)(F)F)C(F)(F)F)C(F)(F)F. The topological polar surface area (TPSA) is 0 Å². The third-order valence-corrected chi connectivity index (χ3v) is 3.35. The third kappa shape index (κ3) is 7.11. The van der Waals surface area contributed by atoms with Crippen LogP contribution in [0.3, 0.4) is 0 Å². The summed E-state index contributed by atoms with van der Waals surface area (Å²) >= 11 is 0.182. The Morgan fingerprint density at radius 2 is 1.04 bits per heavy atom. The Morgan fingerprint density at radius 1 is 0.696 bits per heavy atom. The van der Waals surface area contributed by atoms with E-state index in [2.05, 4.69) is 0 Å². The standard InChI is InChI=1S/C10H9F12I/c1-6(11,10(20,21)22)2-4(3-7(12,13)23)5(8(14,15)16)9(17,18)19/h4-5H,2-3H2,1H3. The fourth-order valence-corrected chi connectivity index (χ4v) is 2.50. The molecule has 0 aromatic heterocycles. The van der Waals surface area contributed by atoms with E-state index in [9.17, 15) is 52.7 Å². The van der Waals surface area contributed by atoms with Crippen molar-refractivity contribution in [2.45, 2.75) is 47.9 Å². The molecule has 0 radical (unpaired) electrons. The van der Waals surface area contributed by atoms with Gasteiger partial charge in [-0.05, 0) is 41.9 Å². The maximum absolute atomic E-state index is 13.5. The molecular formula is C10H9F12I. The lowest BCUT2D eigenvalue weighted by Crippen LogP contribution is -2.48. The lowest BCUT2D eigenvalue weighted by Gasteiger charge is -2.35. The summed E-state index contributed by atoms with van der Waals surface area (Å²) in [6, 6.07) is 0. The maximum atomic E-state index is 13.5. The normalized spacial score (nSPS) is 18.9. The Balaban J connectivity index is 5.87. The summed E-state index contributed by atoms with van der Waals surface area (Å²) in [7, 11) is 0. The molecule has 2 atom stereocenters. The first kappa shape index (κ1) is 22.9. The van der Waals surface area contributed by atoms with Crippen molar-refractivity contribution in [2.75, 3.05) is 0 Å². The number of hydrogen-bond donors (Lipinski definition) is 0. The summed E-state index contributed by atoms with van der Waals surface area (Å²) in [6.07, 6.45) is -22.8. The predicted octanol–water partition coefficient (Wildman–Crippen LogP) is 6.44. The monoisotopic (exact) mass is 484 g/mol. The first-order valence-corrected chi connectivity index (χ1v) is 6.72. The summed E-state index contributed by atoms with van der Waals surface area (Å²) in [4.78, 5) is 0. The second-order valence-corrected chi connectivity index (χ2v) is 6.62. The van der Waals surface area contributed by atoms with Gasteiger partial charge in [0.15, 0.2) is 5.92 Å². The van der Waals surface area contributed by atoms with Gasteiger partial charge in [-0.2, -0.15) is 48.3 Å². The van der Waals surface area contributed by atoms with Gasteiger partial charge in [-0.1, -0.05) is 0 Å². The summed E-state index contributed by atoms with van der Waals surface area (Å²) in [5, 5.41) is 0. The van der Waals surface area contributed by atoms with E-state index in [4.69, 9.17) is 0 Å². The van der Waals surface area contributed by atoms with Crippen molar-refractivity contribution in [1.82, 2.24) is 0 Å². The first-order chi connectivity index (χ1) is 9.68. The molecule has 2 unspecified atom stereocenters. The van der Waals surface area contributed by atoms with E-state index in [-0.39, 0.29) is 29.5 Å². The van der Waals surface area contributed by atoms with Crippen LogP contribution >= 0.6 is 22.6 Å². The maximum Gasteiger partial charge on any atom is 0.422 e. The number of hydrogen-bond acceptors (Lipinski definition) is 0. The molecule has 0 saturated heterocycles. The number of alkyl halides is 13. The molecule has 0 aliphatic rings. The van der Waals surface area contributed by atoms with Crippen LogP contribution in [0.4, 0.5) is 52.7 Å². The van der Waals surface area contributed by atoms with Crippen molar-refractivity contribution < 1.29 is 52.7 Å². The molecule has 0 N–H and O–H groups in total. The van der Waals surface area contributed by atoms with Gasteiger partial charge in [-0.3, -0.25) is 0 Å². The van der Waals surface area contributed by atoms with Crippen molar-refractivity contribution >= 4 is 22.6 Å². The zero-order chi connectivity index (χ0) is 19.1. The minimum Gasteiger partial charge on any atom is -0.234 e. The average molecular weight is 484 g/mol. The average Bonchev–Trinajstić information content (AvgIpc) is 2.04. The first-order valence-electron chi connectivity index (χ1n) is 5.64. The number of rotatable bonds is 5. The quantitative estimate of drug-likeness (QED) is 0.240. The van der Waals surface area contributed by atoms with Crippen molar-refractivity contribution in [2.24, 2.45) is 11.8 Å². The Labute approximate surface area is 135 Å². The molecule has 0 aliphatic carbocycles. The van der Waals surface area contributed by atoms with Crippen molar-refractivity contribution in [3.63, 3.8) is 0 Å². The zero-order valence-corrected chi connectivity index (χ0v) is 13.1. The van der Waals surface area contributed by atoms with Gasteiger partial charge >= 0.3 is 18.5 Å². The molecule has 0 spiro atoms. The van der Waals surface area contributed by atoms with Gasteiger partial charge in [0.25, 0.3) is 3.93 Å². The lowest BCUT2D eigenvalue weighted by molar-refractivity contribution is -0.309. The second-order valence-electron chi connectivity index (χ2n) is 5.04. The van der Waals surface area contributed by atoms with E-state index < -0.39 is 52.8 Å². The fourth-order valence-electron chi connectivity index (χ4n) is 1.93. The van der Waals surface area contributed by atoms with Crippen LogP contribution in [0.5, 0.6) is 0 Å². The zero-order valence-electron chi connectivity index (χ0n) is 11.0. The number of halogens is 13. The molecule has 0 heterocycles. The van der Waals surface area contributed by atoms with Crippen molar-refractivity contribution in [3.8, 4) is 0 Å². The summed E-state index contributed by atoms with van der Waals surface area (Å²) in [6.45, 7) is -0.296. The Morgan fingerprint density at radius 3 is 1.26 bits per heavy atom. The van der Waals surface area contributed by atoms with E-state index in [0.717, 1.165) is 0 Å². The molecule has 0 aromatic carbocycles. The van der Waals surface area contributed by atoms with Gasteiger partial charge in [-0.15, -0.1) is 0 Å². The predicted molar refractivity (Wildman–Crippen MR) is 62.9 cm³/mol. The van der Waals surface area contributed by atoms with Crippen LogP contribution in [0.25, 0.3) is 0 Å². The van der Waals surface area contributed by atoms with Gasteiger partial charge in [0.2, 0.25) is 5.67 Å². The summed E-state index contributed by atoms with van der Waals surface area (Å²) in [5.74, 6) is -7.86. The molecule has 0 bridgehead atoms. The molecule has 0 rings (SSSR count). The van der Waals surface area contributed by atoms with Crippen LogP contribution in [-0.4, -0.2) is 28.1 Å². The molecule has 0 aromatic rings. The van der Waals surface area contributed by atoms with E-state index in [1.54, 1.807) is 0 Å². The Hall–Kier alpha value is -0.110. The summed E-state index contributed by atoms with van der Waals surface area (Å²) < 4.78 is 147. The van der Waals surface area contributed by atoms with Crippen LogP contribution in [0, 0.1) is 11.8 Å². The largest absolute Gasteiger partial charge is 0.422 e. The highest BCUT2D eigenvalue weighted by molar-refractivity contribution is 14.1. The molecular weight excluding hydrogens is 475 g/mol. The lowest BCUT2D eigenvalue weighted by atomic mass is 9.80. The van der Waals surface area contributed by atoms with E-state index in [0.29, 0.717) is 0 Å². The molecule has 0 nitrogen and oxygen atoms in total. The van der Waals surface area contributed by atoms with Gasteiger partial charge in [0, 0.05) is 6.42 Å². The van der Waals surface area contributed by atoms with E-state index in [1.165, 1.54) is 0 Å². The minimum atomic E-state index is -6.16. The highest BCUT2D eigenvalue weighted by Gasteiger charge is 2.64.